The van der Waals surface area contributed by atoms with Gasteiger partial charge in [-0.1, -0.05) is 33.6 Å². The molecule has 18 heavy (non-hydrogen) atoms. The molecule has 2 heteroatoms. The summed E-state index contributed by atoms with van der Waals surface area (Å²) < 4.78 is 0. The Hall–Kier alpha value is -0.0800. The van der Waals surface area contributed by atoms with E-state index < -0.39 is 0 Å². The first-order valence-electron chi connectivity index (χ1n) is 7.90. The van der Waals surface area contributed by atoms with Crippen molar-refractivity contribution < 1.29 is 0 Å². The lowest BCUT2D eigenvalue weighted by atomic mass is 9.73. The summed E-state index contributed by atoms with van der Waals surface area (Å²) in [4.78, 5) is 2.58. The van der Waals surface area contributed by atoms with Crippen molar-refractivity contribution in [3.8, 4) is 0 Å². The van der Waals surface area contributed by atoms with Crippen molar-refractivity contribution in [2.45, 2.75) is 77.8 Å². The summed E-state index contributed by atoms with van der Waals surface area (Å²) in [5, 5.41) is 0. The Labute approximate surface area is 114 Å². The van der Waals surface area contributed by atoms with Crippen LogP contribution in [0.2, 0.25) is 0 Å². The Morgan fingerprint density at radius 3 is 2.17 bits per heavy atom. The molecule has 0 spiro atoms. The molecule has 0 aromatic heterocycles. The van der Waals surface area contributed by atoms with Gasteiger partial charge in [0, 0.05) is 18.1 Å². The lowest BCUT2D eigenvalue weighted by Gasteiger charge is -2.49. The van der Waals surface area contributed by atoms with Crippen molar-refractivity contribution in [3.63, 3.8) is 0 Å². The molecule has 1 aliphatic rings. The third-order valence-corrected chi connectivity index (χ3v) is 5.44. The first-order chi connectivity index (χ1) is 8.46. The van der Waals surface area contributed by atoms with E-state index in [1.54, 1.807) is 0 Å². The molecule has 0 aromatic carbocycles. The highest BCUT2D eigenvalue weighted by Gasteiger charge is 2.39. The van der Waals surface area contributed by atoms with Crippen LogP contribution in [0.5, 0.6) is 0 Å². The number of hydrogen-bond acceptors (Lipinski definition) is 2. The molecular formula is C16H34N2. The standard InChI is InChI=1S/C16H34N2/c1-6-7-15-8-10-16(12-17,11-9-15)18(5)14(4)13(2)3/h13-15H,6-12,17H2,1-5H3. The van der Waals surface area contributed by atoms with Crippen LogP contribution >= 0.6 is 0 Å². The molecule has 0 amide bonds. The Balaban J connectivity index is 2.65. The Morgan fingerprint density at radius 1 is 1.22 bits per heavy atom. The molecule has 0 saturated heterocycles. The fraction of sp³-hybridized carbons (Fsp3) is 1.00. The summed E-state index contributed by atoms with van der Waals surface area (Å²) in [7, 11) is 2.29. The zero-order chi connectivity index (χ0) is 13.8. The molecular weight excluding hydrogens is 220 g/mol. The maximum absolute atomic E-state index is 6.15. The Kier molecular flexibility index (Phi) is 6.13. The zero-order valence-corrected chi connectivity index (χ0v) is 13.2. The normalized spacial score (nSPS) is 31.0. The maximum Gasteiger partial charge on any atom is 0.0331 e. The number of rotatable bonds is 6. The van der Waals surface area contributed by atoms with Crippen molar-refractivity contribution in [1.82, 2.24) is 4.90 Å². The van der Waals surface area contributed by atoms with Gasteiger partial charge in [-0.2, -0.15) is 0 Å². The highest BCUT2D eigenvalue weighted by molar-refractivity contribution is 4.96. The molecule has 0 heterocycles. The second kappa shape index (κ2) is 6.91. The minimum Gasteiger partial charge on any atom is -0.329 e. The van der Waals surface area contributed by atoms with Gasteiger partial charge in [-0.25, -0.2) is 0 Å². The molecule has 1 unspecified atom stereocenters. The van der Waals surface area contributed by atoms with Gasteiger partial charge in [-0.3, -0.25) is 4.90 Å². The van der Waals surface area contributed by atoms with Crippen molar-refractivity contribution in [2.24, 2.45) is 17.6 Å². The molecule has 0 aliphatic heterocycles. The highest BCUT2D eigenvalue weighted by atomic mass is 15.2. The average molecular weight is 254 g/mol. The van der Waals surface area contributed by atoms with Crippen LogP contribution in [0.4, 0.5) is 0 Å². The molecule has 2 N–H and O–H groups in total. The van der Waals surface area contributed by atoms with Crippen LogP contribution in [0, 0.1) is 11.8 Å². The van der Waals surface area contributed by atoms with Crippen molar-refractivity contribution in [2.75, 3.05) is 13.6 Å². The van der Waals surface area contributed by atoms with Gasteiger partial charge in [0.15, 0.2) is 0 Å². The van der Waals surface area contributed by atoms with E-state index in [-0.39, 0.29) is 5.54 Å². The predicted molar refractivity (Wildman–Crippen MR) is 80.7 cm³/mol. The number of likely N-dealkylation sites (N-methyl/N-ethyl adjacent to an activating group) is 1. The Bertz CT molecular complexity index is 229. The molecule has 1 aliphatic carbocycles. The van der Waals surface area contributed by atoms with Gasteiger partial charge in [-0.05, 0) is 51.5 Å². The lowest BCUT2D eigenvalue weighted by Crippen LogP contribution is -2.58. The smallest absolute Gasteiger partial charge is 0.0331 e. The summed E-state index contributed by atoms with van der Waals surface area (Å²) in [6.45, 7) is 10.1. The van der Waals surface area contributed by atoms with Crippen LogP contribution in [0.1, 0.15) is 66.2 Å². The maximum atomic E-state index is 6.15. The molecule has 1 saturated carbocycles. The van der Waals surface area contributed by atoms with Gasteiger partial charge < -0.3 is 5.73 Å². The summed E-state index contributed by atoms with van der Waals surface area (Å²) in [6, 6.07) is 0.622. The SMILES string of the molecule is CCCC1CCC(CN)(N(C)C(C)C(C)C)CC1. The van der Waals surface area contributed by atoms with E-state index >= 15 is 0 Å². The molecule has 1 fully saturated rings. The third kappa shape index (κ3) is 3.48. The first kappa shape index (κ1) is 16.0. The predicted octanol–water partition coefficient (Wildman–Crippen LogP) is 3.65. The largest absolute Gasteiger partial charge is 0.329 e. The van der Waals surface area contributed by atoms with Crippen molar-refractivity contribution >= 4 is 0 Å². The van der Waals surface area contributed by atoms with Crippen LogP contribution in [0.3, 0.4) is 0 Å². The van der Waals surface area contributed by atoms with Crippen LogP contribution in [-0.4, -0.2) is 30.1 Å². The summed E-state index contributed by atoms with van der Waals surface area (Å²) in [5.74, 6) is 1.66. The van der Waals surface area contributed by atoms with E-state index in [1.807, 2.05) is 0 Å². The molecule has 1 atom stereocenters. The van der Waals surface area contributed by atoms with Crippen LogP contribution in [0.15, 0.2) is 0 Å². The van der Waals surface area contributed by atoms with Crippen molar-refractivity contribution in [1.29, 1.82) is 0 Å². The van der Waals surface area contributed by atoms with Gasteiger partial charge in [0.05, 0.1) is 0 Å². The number of hydrogen-bond donors (Lipinski definition) is 1. The summed E-state index contributed by atoms with van der Waals surface area (Å²) in [6.07, 6.45) is 8.08. The third-order valence-electron chi connectivity index (χ3n) is 5.44. The molecule has 0 aromatic rings. The second-order valence-electron chi connectivity index (χ2n) is 6.76. The zero-order valence-electron chi connectivity index (χ0n) is 13.2. The van der Waals surface area contributed by atoms with Gasteiger partial charge >= 0.3 is 0 Å². The van der Waals surface area contributed by atoms with Gasteiger partial charge in [0.1, 0.15) is 0 Å². The fourth-order valence-electron chi connectivity index (χ4n) is 3.49. The first-order valence-corrected chi connectivity index (χ1v) is 7.90. The minimum absolute atomic E-state index is 0.272. The van der Waals surface area contributed by atoms with E-state index in [0.717, 1.165) is 12.5 Å². The van der Waals surface area contributed by atoms with Gasteiger partial charge in [-0.15, -0.1) is 0 Å². The summed E-state index contributed by atoms with van der Waals surface area (Å²) in [5.41, 5.74) is 6.43. The van der Waals surface area contributed by atoms with Crippen molar-refractivity contribution in [3.05, 3.63) is 0 Å². The topological polar surface area (TPSA) is 29.3 Å². The highest BCUT2D eigenvalue weighted by Crippen LogP contribution is 2.38. The fourth-order valence-corrected chi connectivity index (χ4v) is 3.49. The average Bonchev–Trinajstić information content (AvgIpc) is 2.38. The number of nitrogens with zero attached hydrogens (tertiary/aromatic N) is 1. The van der Waals surface area contributed by atoms with E-state index in [0.29, 0.717) is 12.0 Å². The minimum atomic E-state index is 0.272. The van der Waals surface area contributed by atoms with Crippen LogP contribution in [-0.2, 0) is 0 Å². The quantitative estimate of drug-likeness (QED) is 0.784. The lowest BCUT2D eigenvalue weighted by molar-refractivity contribution is 0.0197. The molecule has 0 radical (unpaired) electrons. The molecule has 1 rings (SSSR count). The van der Waals surface area contributed by atoms with E-state index in [1.165, 1.54) is 38.5 Å². The summed E-state index contributed by atoms with van der Waals surface area (Å²) >= 11 is 0. The Morgan fingerprint density at radius 2 is 1.78 bits per heavy atom. The monoisotopic (exact) mass is 254 g/mol. The van der Waals surface area contributed by atoms with Gasteiger partial charge in [0.25, 0.3) is 0 Å². The van der Waals surface area contributed by atoms with E-state index in [4.69, 9.17) is 5.73 Å². The van der Waals surface area contributed by atoms with Crippen LogP contribution < -0.4 is 5.73 Å². The molecule has 2 nitrogen and oxygen atoms in total. The molecule has 0 bridgehead atoms. The van der Waals surface area contributed by atoms with E-state index in [9.17, 15) is 0 Å². The second-order valence-corrected chi connectivity index (χ2v) is 6.76. The van der Waals surface area contributed by atoms with Crippen LogP contribution in [0.25, 0.3) is 0 Å². The van der Waals surface area contributed by atoms with E-state index in [2.05, 4.69) is 39.6 Å². The number of nitrogens with two attached hydrogens (primary N) is 1. The molecule has 108 valence electrons. The van der Waals surface area contributed by atoms with Gasteiger partial charge in [0.2, 0.25) is 0 Å².